The van der Waals surface area contributed by atoms with Gasteiger partial charge in [0.2, 0.25) is 0 Å². The van der Waals surface area contributed by atoms with E-state index in [-0.39, 0.29) is 0 Å². The van der Waals surface area contributed by atoms with Crippen molar-refractivity contribution in [3.05, 3.63) is 0 Å². The van der Waals surface area contributed by atoms with Gasteiger partial charge in [0.25, 0.3) is 0 Å². The molecule has 1 aliphatic rings. The molecule has 0 unspecified atom stereocenters. The minimum atomic E-state index is -0.398. The Morgan fingerprint density at radius 3 is 2.62 bits per heavy atom. The quantitative estimate of drug-likeness (QED) is 0.371. The van der Waals surface area contributed by atoms with E-state index in [4.69, 9.17) is 4.74 Å². The monoisotopic (exact) mass is 242 g/mol. The topological polar surface area (TPSA) is 26.3 Å². The Hall–Kier alpha value is -0.153. The molecule has 0 radical (unpaired) electrons. The number of aldehydes is 1. The summed E-state index contributed by atoms with van der Waals surface area (Å²) in [5.74, 6) is 0.731. The van der Waals surface area contributed by atoms with Crippen LogP contribution in [0.2, 0.25) is 18.1 Å². The number of rotatable bonds is 8. The fourth-order valence-electron chi connectivity index (χ4n) is 2.75. The lowest BCUT2D eigenvalue weighted by Crippen LogP contribution is -2.21. The largest absolute Gasteiger partial charge is 0.385 e. The SMILES string of the molecule is COCCCCC[SiH]1CCC(CC=O)CC1. The minimum Gasteiger partial charge on any atom is -0.385 e. The Balaban J connectivity index is 1.97. The molecule has 3 heteroatoms. The Morgan fingerprint density at radius 1 is 1.25 bits per heavy atom. The van der Waals surface area contributed by atoms with Crippen molar-refractivity contribution in [1.29, 1.82) is 0 Å². The van der Waals surface area contributed by atoms with Gasteiger partial charge in [0.05, 0.1) is 0 Å². The van der Waals surface area contributed by atoms with Gasteiger partial charge >= 0.3 is 0 Å². The van der Waals surface area contributed by atoms with Crippen LogP contribution in [-0.4, -0.2) is 28.8 Å². The first-order valence-electron chi connectivity index (χ1n) is 6.79. The van der Waals surface area contributed by atoms with Gasteiger partial charge in [-0.05, 0) is 12.3 Å². The molecule has 0 aromatic heterocycles. The van der Waals surface area contributed by atoms with E-state index < -0.39 is 8.80 Å². The highest BCUT2D eigenvalue weighted by atomic mass is 28.3. The highest BCUT2D eigenvalue weighted by Crippen LogP contribution is 2.29. The third kappa shape index (κ3) is 5.80. The molecule has 0 N–H and O–H groups in total. The summed E-state index contributed by atoms with van der Waals surface area (Å²) in [6.07, 6.45) is 8.59. The Kier molecular flexibility index (Phi) is 7.77. The van der Waals surface area contributed by atoms with Crippen LogP contribution in [0.25, 0.3) is 0 Å². The zero-order chi connectivity index (χ0) is 11.6. The van der Waals surface area contributed by atoms with E-state index >= 15 is 0 Å². The molecule has 0 bridgehead atoms. The lowest BCUT2D eigenvalue weighted by Gasteiger charge is -2.26. The van der Waals surface area contributed by atoms with E-state index in [2.05, 4.69) is 0 Å². The van der Waals surface area contributed by atoms with Crippen molar-refractivity contribution in [3.8, 4) is 0 Å². The van der Waals surface area contributed by atoms with E-state index in [1.54, 1.807) is 7.11 Å². The molecule has 1 heterocycles. The average molecular weight is 242 g/mol. The van der Waals surface area contributed by atoms with Crippen molar-refractivity contribution in [1.82, 2.24) is 0 Å². The number of unbranched alkanes of at least 4 members (excludes halogenated alkanes) is 2. The van der Waals surface area contributed by atoms with Gasteiger partial charge in [0, 0.05) is 28.9 Å². The Bertz CT molecular complexity index is 177. The maximum atomic E-state index is 10.4. The van der Waals surface area contributed by atoms with Crippen LogP contribution in [0.4, 0.5) is 0 Å². The minimum absolute atomic E-state index is 0.398. The highest BCUT2D eigenvalue weighted by molar-refractivity contribution is 6.58. The van der Waals surface area contributed by atoms with Crippen LogP contribution in [0, 0.1) is 5.92 Å². The summed E-state index contributed by atoms with van der Waals surface area (Å²) in [6, 6.07) is 4.50. The van der Waals surface area contributed by atoms with E-state index in [9.17, 15) is 4.79 Å². The molecule has 0 atom stereocenters. The average Bonchev–Trinajstić information content (AvgIpc) is 2.31. The number of hydrogen-bond donors (Lipinski definition) is 0. The molecule has 1 saturated heterocycles. The summed E-state index contributed by atoms with van der Waals surface area (Å²) < 4.78 is 5.05. The fourth-order valence-corrected chi connectivity index (χ4v) is 6.37. The normalized spacial score (nSPS) is 25.6. The predicted molar refractivity (Wildman–Crippen MR) is 70.7 cm³/mol. The Labute approximate surface area is 101 Å². The number of carbonyl (C=O) groups excluding carboxylic acids is 1. The Morgan fingerprint density at radius 2 is 2.00 bits per heavy atom. The van der Waals surface area contributed by atoms with Gasteiger partial charge < -0.3 is 9.53 Å². The van der Waals surface area contributed by atoms with Gasteiger partial charge in [0.15, 0.2) is 0 Å². The third-order valence-corrected chi connectivity index (χ3v) is 7.38. The summed E-state index contributed by atoms with van der Waals surface area (Å²) in [5.41, 5.74) is 0. The second-order valence-corrected chi connectivity index (χ2v) is 8.60. The van der Waals surface area contributed by atoms with Gasteiger partial charge in [-0.2, -0.15) is 0 Å². The van der Waals surface area contributed by atoms with Crippen LogP contribution in [0.5, 0.6) is 0 Å². The van der Waals surface area contributed by atoms with Crippen LogP contribution in [0.1, 0.15) is 38.5 Å². The van der Waals surface area contributed by atoms with Gasteiger partial charge in [-0.25, -0.2) is 0 Å². The van der Waals surface area contributed by atoms with Gasteiger partial charge in [-0.3, -0.25) is 0 Å². The lowest BCUT2D eigenvalue weighted by atomic mass is 10.00. The molecule has 2 nitrogen and oxygen atoms in total. The molecule has 0 aromatic rings. The first-order valence-corrected chi connectivity index (χ1v) is 9.24. The second kappa shape index (κ2) is 8.94. The lowest BCUT2D eigenvalue weighted by molar-refractivity contribution is -0.108. The molecule has 0 spiro atoms. The molecule has 1 rings (SSSR count). The van der Waals surface area contributed by atoms with Crippen molar-refractivity contribution in [3.63, 3.8) is 0 Å². The molecule has 0 amide bonds. The van der Waals surface area contributed by atoms with Crippen molar-refractivity contribution in [2.24, 2.45) is 5.92 Å². The number of carbonyl (C=O) groups is 1. The number of ether oxygens (including phenoxy) is 1. The fraction of sp³-hybridized carbons (Fsp3) is 0.923. The zero-order valence-corrected chi connectivity index (χ0v) is 11.8. The highest BCUT2D eigenvalue weighted by Gasteiger charge is 2.21. The van der Waals surface area contributed by atoms with Crippen molar-refractivity contribution >= 4 is 15.1 Å². The zero-order valence-electron chi connectivity index (χ0n) is 10.6. The maximum absolute atomic E-state index is 10.4. The molecule has 1 fully saturated rings. The third-order valence-electron chi connectivity index (χ3n) is 3.86. The van der Waals surface area contributed by atoms with Crippen LogP contribution >= 0.6 is 0 Å². The summed E-state index contributed by atoms with van der Waals surface area (Å²) in [5, 5.41) is 0. The first kappa shape index (κ1) is 13.9. The smallest absolute Gasteiger partial charge is 0.120 e. The first-order chi connectivity index (χ1) is 7.86. The molecule has 1 aliphatic heterocycles. The number of hydrogen-bond acceptors (Lipinski definition) is 2. The molecule has 0 aromatic carbocycles. The van der Waals surface area contributed by atoms with Crippen LogP contribution < -0.4 is 0 Å². The summed E-state index contributed by atoms with van der Waals surface area (Å²) in [6.45, 7) is 0.924. The molecule has 0 aliphatic carbocycles. The van der Waals surface area contributed by atoms with Crippen molar-refractivity contribution < 1.29 is 9.53 Å². The van der Waals surface area contributed by atoms with E-state index in [1.165, 1.54) is 50.2 Å². The summed E-state index contributed by atoms with van der Waals surface area (Å²) >= 11 is 0. The second-order valence-electron chi connectivity index (χ2n) is 5.13. The number of methoxy groups -OCH3 is 1. The molecule has 94 valence electrons. The summed E-state index contributed by atoms with van der Waals surface area (Å²) in [4.78, 5) is 10.4. The van der Waals surface area contributed by atoms with Crippen LogP contribution in [-0.2, 0) is 9.53 Å². The van der Waals surface area contributed by atoms with Gasteiger partial charge in [-0.1, -0.05) is 43.8 Å². The van der Waals surface area contributed by atoms with E-state index in [0.29, 0.717) is 0 Å². The maximum Gasteiger partial charge on any atom is 0.120 e. The molecular weight excluding hydrogens is 216 g/mol. The van der Waals surface area contributed by atoms with Crippen molar-refractivity contribution in [2.45, 2.75) is 56.7 Å². The van der Waals surface area contributed by atoms with E-state index in [1.807, 2.05) is 0 Å². The molecule has 0 saturated carbocycles. The standard InChI is InChI=1S/C13H26O2Si/c1-15-9-3-2-4-10-16-11-6-13(5-8-14)7-12-16/h8,13,16H,2-7,9-12H2,1H3. The predicted octanol–water partition coefficient (Wildman–Crippen LogP) is 3.03. The summed E-state index contributed by atoms with van der Waals surface area (Å²) in [7, 11) is 1.38. The van der Waals surface area contributed by atoms with Crippen LogP contribution in [0.3, 0.4) is 0 Å². The van der Waals surface area contributed by atoms with Gasteiger partial charge in [-0.15, -0.1) is 0 Å². The van der Waals surface area contributed by atoms with Crippen LogP contribution in [0.15, 0.2) is 0 Å². The van der Waals surface area contributed by atoms with E-state index in [0.717, 1.165) is 25.2 Å². The molecule has 16 heavy (non-hydrogen) atoms. The van der Waals surface area contributed by atoms with Crippen molar-refractivity contribution in [2.75, 3.05) is 13.7 Å². The van der Waals surface area contributed by atoms with Gasteiger partial charge in [0.1, 0.15) is 6.29 Å². The molecular formula is C13H26O2Si.